The third kappa shape index (κ3) is 3.64. The van der Waals surface area contributed by atoms with Gasteiger partial charge in [-0.05, 0) is 43.1 Å². The molecular formula is C17H25N3O. The number of fused-ring (bicyclic) bond motifs is 1. The molecular weight excluding hydrogens is 262 g/mol. The standard InChI is InChI=1S/C17H25N3O/c1-14(20-7-9-21-10-8-20)12-19(2)13-15-3-4-17-16(11-15)5-6-18-17/h3-6,11,14,18H,7-10,12-13H2,1-2H3/t14-/m0/s1. The molecule has 0 aliphatic carbocycles. The van der Waals surface area contributed by atoms with Crippen molar-refractivity contribution in [1.29, 1.82) is 0 Å². The maximum atomic E-state index is 5.43. The molecule has 1 aromatic heterocycles. The second-order valence-corrected chi connectivity index (χ2v) is 6.09. The molecule has 2 aromatic rings. The minimum absolute atomic E-state index is 0.579. The molecule has 1 N–H and O–H groups in total. The van der Waals surface area contributed by atoms with Crippen molar-refractivity contribution < 1.29 is 4.74 Å². The molecule has 1 saturated heterocycles. The number of aromatic nitrogens is 1. The van der Waals surface area contributed by atoms with E-state index in [1.54, 1.807) is 0 Å². The third-order valence-corrected chi connectivity index (χ3v) is 4.32. The van der Waals surface area contributed by atoms with E-state index in [-0.39, 0.29) is 0 Å². The van der Waals surface area contributed by atoms with Crippen LogP contribution in [0.2, 0.25) is 0 Å². The highest BCUT2D eigenvalue weighted by atomic mass is 16.5. The molecule has 2 heterocycles. The van der Waals surface area contributed by atoms with E-state index in [1.165, 1.54) is 16.5 Å². The zero-order valence-electron chi connectivity index (χ0n) is 13.0. The van der Waals surface area contributed by atoms with E-state index >= 15 is 0 Å². The van der Waals surface area contributed by atoms with Gasteiger partial charge < -0.3 is 14.6 Å². The number of nitrogens with one attached hydrogen (secondary N) is 1. The Bertz CT molecular complexity index is 574. The lowest BCUT2D eigenvalue weighted by Gasteiger charge is -2.34. The fourth-order valence-corrected chi connectivity index (χ4v) is 3.16. The number of likely N-dealkylation sites (N-methyl/N-ethyl adjacent to an activating group) is 1. The van der Waals surface area contributed by atoms with Gasteiger partial charge in [-0.25, -0.2) is 0 Å². The van der Waals surface area contributed by atoms with Gasteiger partial charge >= 0.3 is 0 Å². The molecule has 1 aliphatic heterocycles. The zero-order chi connectivity index (χ0) is 14.7. The van der Waals surface area contributed by atoms with Gasteiger partial charge in [0.2, 0.25) is 0 Å². The number of ether oxygens (including phenoxy) is 1. The second kappa shape index (κ2) is 6.60. The van der Waals surface area contributed by atoms with Crippen molar-refractivity contribution in [3.63, 3.8) is 0 Å². The number of nitrogens with zero attached hydrogens (tertiary/aromatic N) is 2. The Labute approximate surface area is 126 Å². The molecule has 4 heteroatoms. The monoisotopic (exact) mass is 287 g/mol. The number of aromatic amines is 1. The number of benzene rings is 1. The first-order valence-corrected chi connectivity index (χ1v) is 7.79. The van der Waals surface area contributed by atoms with Crippen LogP contribution in [0, 0.1) is 0 Å². The van der Waals surface area contributed by atoms with Crippen LogP contribution in [-0.2, 0) is 11.3 Å². The minimum Gasteiger partial charge on any atom is -0.379 e. The zero-order valence-corrected chi connectivity index (χ0v) is 13.0. The number of hydrogen-bond acceptors (Lipinski definition) is 3. The van der Waals surface area contributed by atoms with Gasteiger partial charge in [-0.15, -0.1) is 0 Å². The summed E-state index contributed by atoms with van der Waals surface area (Å²) in [6.07, 6.45) is 2.00. The fourth-order valence-electron chi connectivity index (χ4n) is 3.16. The van der Waals surface area contributed by atoms with Crippen molar-refractivity contribution in [3.8, 4) is 0 Å². The van der Waals surface area contributed by atoms with Crippen LogP contribution >= 0.6 is 0 Å². The Kier molecular flexibility index (Phi) is 4.58. The lowest BCUT2D eigenvalue weighted by atomic mass is 10.1. The minimum atomic E-state index is 0.579. The van der Waals surface area contributed by atoms with Gasteiger partial charge in [-0.3, -0.25) is 4.90 Å². The molecule has 0 saturated carbocycles. The molecule has 1 aromatic carbocycles. The van der Waals surface area contributed by atoms with E-state index in [4.69, 9.17) is 4.74 Å². The molecule has 0 unspecified atom stereocenters. The van der Waals surface area contributed by atoms with Crippen LogP contribution in [0.1, 0.15) is 12.5 Å². The molecule has 0 spiro atoms. The molecule has 0 radical (unpaired) electrons. The van der Waals surface area contributed by atoms with Crippen molar-refractivity contribution in [1.82, 2.24) is 14.8 Å². The first-order chi connectivity index (χ1) is 10.2. The molecule has 21 heavy (non-hydrogen) atoms. The van der Waals surface area contributed by atoms with Gasteiger partial charge in [-0.1, -0.05) is 6.07 Å². The van der Waals surface area contributed by atoms with Gasteiger partial charge in [0.1, 0.15) is 0 Å². The first kappa shape index (κ1) is 14.6. The van der Waals surface area contributed by atoms with Gasteiger partial charge in [-0.2, -0.15) is 0 Å². The van der Waals surface area contributed by atoms with Crippen molar-refractivity contribution >= 4 is 10.9 Å². The maximum absolute atomic E-state index is 5.43. The van der Waals surface area contributed by atoms with E-state index < -0.39 is 0 Å². The van der Waals surface area contributed by atoms with E-state index in [0.717, 1.165) is 39.4 Å². The number of morpholine rings is 1. The molecule has 1 aliphatic rings. The van der Waals surface area contributed by atoms with Crippen LogP contribution in [0.25, 0.3) is 10.9 Å². The maximum Gasteiger partial charge on any atom is 0.0594 e. The predicted molar refractivity (Wildman–Crippen MR) is 86.5 cm³/mol. The Morgan fingerprint density at radius 1 is 1.29 bits per heavy atom. The molecule has 1 fully saturated rings. The topological polar surface area (TPSA) is 31.5 Å². The smallest absolute Gasteiger partial charge is 0.0594 e. The highest BCUT2D eigenvalue weighted by molar-refractivity contribution is 5.79. The molecule has 4 nitrogen and oxygen atoms in total. The van der Waals surface area contributed by atoms with E-state index in [9.17, 15) is 0 Å². The molecule has 114 valence electrons. The molecule has 0 bridgehead atoms. The average Bonchev–Trinajstić information content (AvgIpc) is 2.95. The molecule has 0 amide bonds. The van der Waals surface area contributed by atoms with Crippen molar-refractivity contribution in [3.05, 3.63) is 36.0 Å². The Morgan fingerprint density at radius 3 is 2.90 bits per heavy atom. The SMILES string of the molecule is C[C@@H](CN(C)Cc1ccc2[nH]ccc2c1)N1CCOCC1. The van der Waals surface area contributed by atoms with Crippen LogP contribution in [-0.4, -0.2) is 60.7 Å². The quantitative estimate of drug-likeness (QED) is 0.916. The van der Waals surface area contributed by atoms with Gasteiger partial charge in [0, 0.05) is 43.9 Å². The van der Waals surface area contributed by atoms with Crippen molar-refractivity contribution in [2.75, 3.05) is 39.9 Å². The van der Waals surface area contributed by atoms with Crippen LogP contribution in [0.5, 0.6) is 0 Å². The summed E-state index contributed by atoms with van der Waals surface area (Å²) in [4.78, 5) is 8.18. The summed E-state index contributed by atoms with van der Waals surface area (Å²) in [5.41, 5.74) is 2.59. The Morgan fingerprint density at radius 2 is 2.10 bits per heavy atom. The van der Waals surface area contributed by atoms with Crippen molar-refractivity contribution in [2.45, 2.75) is 19.5 Å². The molecule has 3 rings (SSSR count). The normalized spacial score (nSPS) is 18.4. The van der Waals surface area contributed by atoms with E-state index in [0.29, 0.717) is 6.04 Å². The summed E-state index contributed by atoms with van der Waals surface area (Å²) in [5, 5.41) is 1.29. The summed E-state index contributed by atoms with van der Waals surface area (Å²) in [7, 11) is 2.21. The largest absolute Gasteiger partial charge is 0.379 e. The predicted octanol–water partition coefficient (Wildman–Crippen LogP) is 2.32. The van der Waals surface area contributed by atoms with E-state index in [1.807, 2.05) is 6.20 Å². The lowest BCUT2D eigenvalue weighted by molar-refractivity contribution is 0.0137. The lowest BCUT2D eigenvalue weighted by Crippen LogP contribution is -2.46. The summed E-state index contributed by atoms with van der Waals surface area (Å²) in [6, 6.07) is 9.38. The summed E-state index contributed by atoms with van der Waals surface area (Å²) in [6.45, 7) is 8.27. The highest BCUT2D eigenvalue weighted by Crippen LogP contribution is 2.16. The summed E-state index contributed by atoms with van der Waals surface area (Å²) in [5.74, 6) is 0. The van der Waals surface area contributed by atoms with Crippen molar-refractivity contribution in [2.24, 2.45) is 0 Å². The number of H-pyrrole nitrogens is 1. The summed E-state index contributed by atoms with van der Waals surface area (Å²) >= 11 is 0. The Balaban J connectivity index is 1.56. The van der Waals surface area contributed by atoms with Crippen LogP contribution in [0.15, 0.2) is 30.5 Å². The summed E-state index contributed by atoms with van der Waals surface area (Å²) < 4.78 is 5.43. The average molecular weight is 287 g/mol. The van der Waals surface area contributed by atoms with Crippen LogP contribution in [0.3, 0.4) is 0 Å². The van der Waals surface area contributed by atoms with Gasteiger partial charge in [0.15, 0.2) is 0 Å². The molecule has 1 atom stereocenters. The first-order valence-electron chi connectivity index (χ1n) is 7.79. The van der Waals surface area contributed by atoms with Crippen LogP contribution < -0.4 is 0 Å². The van der Waals surface area contributed by atoms with Gasteiger partial charge in [0.05, 0.1) is 13.2 Å². The van der Waals surface area contributed by atoms with Crippen LogP contribution in [0.4, 0.5) is 0 Å². The fraction of sp³-hybridized carbons (Fsp3) is 0.529. The third-order valence-electron chi connectivity index (χ3n) is 4.32. The Hall–Kier alpha value is -1.36. The van der Waals surface area contributed by atoms with E-state index in [2.05, 4.69) is 53.0 Å². The van der Waals surface area contributed by atoms with Gasteiger partial charge in [0.25, 0.3) is 0 Å². The highest BCUT2D eigenvalue weighted by Gasteiger charge is 2.18. The number of rotatable bonds is 5. The second-order valence-electron chi connectivity index (χ2n) is 6.09. The number of hydrogen-bond donors (Lipinski definition) is 1.